The smallest absolute Gasteiger partial charge is 0.251 e. The predicted octanol–water partition coefficient (Wildman–Crippen LogP) is 0.921. The Bertz CT molecular complexity index is 94.4. The summed E-state index contributed by atoms with van der Waals surface area (Å²) in [5.41, 5.74) is 5.37. The normalized spacial score (nSPS) is 14.5. The largest absolute Gasteiger partial charge is 0.329 e. The van der Waals surface area contributed by atoms with E-state index in [2.05, 4.69) is 0 Å². The first-order valence-corrected chi connectivity index (χ1v) is 3.80. The van der Waals surface area contributed by atoms with Crippen LogP contribution in [0, 0.1) is 0 Å². The van der Waals surface area contributed by atoms with Gasteiger partial charge in [-0.2, -0.15) is 0 Å². The first kappa shape index (κ1) is 10.8. The van der Waals surface area contributed by atoms with Gasteiger partial charge in [-0.05, 0) is 13.5 Å². The summed E-state index contributed by atoms with van der Waals surface area (Å²) < 4.78 is 23.7. The minimum absolute atomic E-state index is 0.0870. The van der Waals surface area contributed by atoms with Crippen LogP contribution in [0.4, 0.5) is 8.78 Å². The lowest BCUT2D eigenvalue weighted by molar-refractivity contribution is 0.0814. The number of rotatable bonds is 5. The molecule has 0 aliphatic carbocycles. The molecule has 0 rings (SSSR count). The van der Waals surface area contributed by atoms with E-state index < -0.39 is 6.43 Å². The second-order valence-corrected chi connectivity index (χ2v) is 2.63. The van der Waals surface area contributed by atoms with E-state index in [0.717, 1.165) is 6.42 Å². The molecule has 2 N–H and O–H groups in total. The fourth-order valence-corrected chi connectivity index (χ4v) is 1.03. The molecule has 2 nitrogen and oxygen atoms in total. The van der Waals surface area contributed by atoms with Crippen molar-refractivity contribution in [3.05, 3.63) is 0 Å². The lowest BCUT2D eigenvalue weighted by atomic mass is 10.2. The van der Waals surface area contributed by atoms with Gasteiger partial charge in [0.05, 0.1) is 6.54 Å². The Morgan fingerprint density at radius 1 is 1.45 bits per heavy atom. The molecule has 1 unspecified atom stereocenters. The van der Waals surface area contributed by atoms with Crippen molar-refractivity contribution >= 4 is 0 Å². The van der Waals surface area contributed by atoms with Crippen LogP contribution in [0.3, 0.4) is 0 Å². The van der Waals surface area contributed by atoms with Gasteiger partial charge in [0.25, 0.3) is 6.43 Å². The predicted molar refractivity (Wildman–Crippen MR) is 41.8 cm³/mol. The molecule has 0 saturated heterocycles. The highest BCUT2D eigenvalue weighted by molar-refractivity contribution is 4.67. The SMILES string of the molecule is CCC(CN)N(C)CC(F)F. The monoisotopic (exact) mass is 166 g/mol. The Kier molecular flexibility index (Phi) is 5.32. The zero-order chi connectivity index (χ0) is 8.85. The van der Waals surface area contributed by atoms with Gasteiger partial charge in [-0.25, -0.2) is 8.78 Å². The van der Waals surface area contributed by atoms with Crippen molar-refractivity contribution in [2.75, 3.05) is 20.1 Å². The van der Waals surface area contributed by atoms with E-state index in [1.165, 1.54) is 0 Å². The van der Waals surface area contributed by atoms with Gasteiger partial charge in [-0.3, -0.25) is 4.90 Å². The molecular formula is C7H16F2N2. The highest BCUT2D eigenvalue weighted by Crippen LogP contribution is 2.03. The molecule has 4 heteroatoms. The second kappa shape index (κ2) is 5.43. The summed E-state index contributed by atoms with van der Waals surface area (Å²) >= 11 is 0. The average Bonchev–Trinajstić information content (AvgIpc) is 1.88. The summed E-state index contributed by atoms with van der Waals surface area (Å²) in [6, 6.07) is 0.0870. The van der Waals surface area contributed by atoms with E-state index in [-0.39, 0.29) is 12.6 Å². The Morgan fingerprint density at radius 2 is 2.00 bits per heavy atom. The Balaban J connectivity index is 3.68. The minimum Gasteiger partial charge on any atom is -0.329 e. The van der Waals surface area contributed by atoms with Crippen molar-refractivity contribution in [3.8, 4) is 0 Å². The van der Waals surface area contributed by atoms with Gasteiger partial charge in [0.15, 0.2) is 0 Å². The topological polar surface area (TPSA) is 29.3 Å². The summed E-state index contributed by atoms with van der Waals surface area (Å²) in [7, 11) is 1.67. The molecule has 0 bridgehead atoms. The first-order valence-electron chi connectivity index (χ1n) is 3.80. The molecule has 1 atom stereocenters. The van der Waals surface area contributed by atoms with Gasteiger partial charge >= 0.3 is 0 Å². The quantitative estimate of drug-likeness (QED) is 0.658. The highest BCUT2D eigenvalue weighted by atomic mass is 19.3. The average molecular weight is 166 g/mol. The molecule has 0 heterocycles. The lowest BCUT2D eigenvalue weighted by Crippen LogP contribution is -2.39. The number of hydrogen-bond donors (Lipinski definition) is 1. The van der Waals surface area contributed by atoms with Crippen LogP contribution in [0.1, 0.15) is 13.3 Å². The van der Waals surface area contributed by atoms with Crippen LogP contribution in [0.25, 0.3) is 0 Å². The van der Waals surface area contributed by atoms with Crippen molar-refractivity contribution in [2.45, 2.75) is 25.8 Å². The van der Waals surface area contributed by atoms with E-state index in [0.29, 0.717) is 6.54 Å². The summed E-state index contributed by atoms with van der Waals surface area (Å²) in [5, 5.41) is 0. The molecule has 0 radical (unpaired) electrons. The zero-order valence-corrected chi connectivity index (χ0v) is 7.06. The third-order valence-electron chi connectivity index (χ3n) is 1.79. The van der Waals surface area contributed by atoms with Crippen LogP contribution < -0.4 is 5.73 Å². The molecule has 11 heavy (non-hydrogen) atoms. The number of alkyl halides is 2. The van der Waals surface area contributed by atoms with E-state index in [4.69, 9.17) is 5.73 Å². The molecule has 0 aromatic rings. The number of hydrogen-bond acceptors (Lipinski definition) is 2. The van der Waals surface area contributed by atoms with Gasteiger partial charge in [0, 0.05) is 12.6 Å². The summed E-state index contributed by atoms with van der Waals surface area (Å²) in [6.07, 6.45) is -1.44. The molecular weight excluding hydrogens is 150 g/mol. The van der Waals surface area contributed by atoms with E-state index in [1.54, 1.807) is 11.9 Å². The molecule has 0 saturated carbocycles. The van der Waals surface area contributed by atoms with E-state index in [9.17, 15) is 8.78 Å². The lowest BCUT2D eigenvalue weighted by Gasteiger charge is -2.24. The first-order chi connectivity index (χ1) is 5.11. The summed E-state index contributed by atoms with van der Waals surface area (Å²) in [4.78, 5) is 1.60. The highest BCUT2D eigenvalue weighted by Gasteiger charge is 2.14. The van der Waals surface area contributed by atoms with Crippen LogP contribution in [0.2, 0.25) is 0 Å². The Morgan fingerprint density at radius 3 is 2.27 bits per heavy atom. The van der Waals surface area contributed by atoms with Crippen molar-refractivity contribution in [1.29, 1.82) is 0 Å². The molecule has 0 spiro atoms. The molecule has 68 valence electrons. The van der Waals surface area contributed by atoms with Gasteiger partial charge in [-0.1, -0.05) is 6.92 Å². The standard InChI is InChI=1S/C7H16F2N2/c1-3-6(4-10)11(2)5-7(8)9/h6-7H,3-5,10H2,1-2H3. The third kappa shape index (κ3) is 4.27. The molecule has 0 aromatic heterocycles. The molecule has 0 aliphatic heterocycles. The molecule has 0 fully saturated rings. The summed E-state index contributed by atoms with van der Waals surface area (Å²) in [5.74, 6) is 0. The Labute approximate surface area is 66.4 Å². The van der Waals surface area contributed by atoms with E-state index in [1.807, 2.05) is 6.92 Å². The fraction of sp³-hybridized carbons (Fsp3) is 1.00. The van der Waals surface area contributed by atoms with Crippen LogP contribution >= 0.6 is 0 Å². The number of halogens is 2. The maximum atomic E-state index is 11.8. The van der Waals surface area contributed by atoms with Crippen molar-refractivity contribution in [1.82, 2.24) is 4.90 Å². The van der Waals surface area contributed by atoms with Crippen LogP contribution in [0.5, 0.6) is 0 Å². The molecule has 0 amide bonds. The maximum absolute atomic E-state index is 11.8. The van der Waals surface area contributed by atoms with E-state index >= 15 is 0 Å². The van der Waals surface area contributed by atoms with Crippen LogP contribution in [-0.4, -0.2) is 37.5 Å². The van der Waals surface area contributed by atoms with Crippen LogP contribution in [0.15, 0.2) is 0 Å². The Hall–Kier alpha value is -0.220. The van der Waals surface area contributed by atoms with Crippen molar-refractivity contribution in [2.24, 2.45) is 5.73 Å². The number of likely N-dealkylation sites (N-methyl/N-ethyl adjacent to an activating group) is 1. The van der Waals surface area contributed by atoms with Gasteiger partial charge in [-0.15, -0.1) is 0 Å². The van der Waals surface area contributed by atoms with Gasteiger partial charge in [0.2, 0.25) is 0 Å². The number of nitrogens with zero attached hydrogens (tertiary/aromatic N) is 1. The zero-order valence-electron chi connectivity index (χ0n) is 7.06. The fourth-order valence-electron chi connectivity index (χ4n) is 1.03. The summed E-state index contributed by atoms with van der Waals surface area (Å²) in [6.45, 7) is 2.20. The van der Waals surface area contributed by atoms with Crippen molar-refractivity contribution in [3.63, 3.8) is 0 Å². The third-order valence-corrected chi connectivity index (χ3v) is 1.79. The van der Waals surface area contributed by atoms with Crippen LogP contribution in [-0.2, 0) is 0 Å². The minimum atomic E-state index is -2.26. The second-order valence-electron chi connectivity index (χ2n) is 2.63. The molecule has 0 aliphatic rings. The maximum Gasteiger partial charge on any atom is 0.251 e. The van der Waals surface area contributed by atoms with Gasteiger partial charge < -0.3 is 5.73 Å². The number of nitrogens with two attached hydrogens (primary N) is 1. The molecule has 0 aromatic carbocycles. The van der Waals surface area contributed by atoms with Crippen molar-refractivity contribution < 1.29 is 8.78 Å². The van der Waals surface area contributed by atoms with Gasteiger partial charge in [0.1, 0.15) is 0 Å².